The van der Waals surface area contributed by atoms with Crippen molar-refractivity contribution in [1.29, 1.82) is 0 Å². The number of hydrogen-bond acceptors (Lipinski definition) is 4. The van der Waals surface area contributed by atoms with Crippen LogP contribution in [0.25, 0.3) is 0 Å². The number of hydrogen-bond donors (Lipinski definition) is 1. The largest absolute Gasteiger partial charge is 0.494 e. The number of methoxy groups -OCH3 is 1. The number of carbonyl (C=O) groups is 2. The SMILES string of the molecule is COc1ccc(C(=O)NCc2ccc(C(=O)c3ccccc3)s2)cc1F. The second-order valence-corrected chi connectivity index (χ2v) is 6.66. The summed E-state index contributed by atoms with van der Waals surface area (Å²) in [5, 5.41) is 2.72. The number of rotatable bonds is 6. The molecular formula is C20H16FNO3S. The monoisotopic (exact) mass is 369 g/mol. The van der Waals surface area contributed by atoms with Crippen molar-refractivity contribution in [2.45, 2.75) is 6.54 Å². The molecule has 0 bridgehead atoms. The molecule has 3 aromatic rings. The molecule has 26 heavy (non-hydrogen) atoms. The van der Waals surface area contributed by atoms with Crippen LogP contribution >= 0.6 is 11.3 Å². The molecule has 0 fully saturated rings. The van der Waals surface area contributed by atoms with Crippen molar-refractivity contribution in [1.82, 2.24) is 5.32 Å². The van der Waals surface area contributed by atoms with Crippen LogP contribution in [-0.4, -0.2) is 18.8 Å². The standard InChI is InChI=1S/C20H16FNO3S/c1-25-17-9-7-14(11-16(17)21)20(24)22-12-15-8-10-18(26-15)19(23)13-5-3-2-4-6-13/h2-11H,12H2,1H3,(H,22,24). The van der Waals surface area contributed by atoms with Crippen molar-refractivity contribution in [2.75, 3.05) is 7.11 Å². The van der Waals surface area contributed by atoms with Gasteiger partial charge in [-0.1, -0.05) is 30.3 Å². The van der Waals surface area contributed by atoms with E-state index in [1.807, 2.05) is 18.2 Å². The van der Waals surface area contributed by atoms with Crippen LogP contribution in [0.5, 0.6) is 5.75 Å². The van der Waals surface area contributed by atoms with E-state index in [0.29, 0.717) is 10.4 Å². The minimum Gasteiger partial charge on any atom is -0.494 e. The lowest BCUT2D eigenvalue weighted by Crippen LogP contribution is -2.22. The van der Waals surface area contributed by atoms with E-state index >= 15 is 0 Å². The zero-order chi connectivity index (χ0) is 18.5. The molecular weight excluding hydrogens is 353 g/mol. The number of amides is 1. The number of nitrogens with one attached hydrogen (secondary N) is 1. The molecule has 0 saturated heterocycles. The molecule has 3 rings (SSSR count). The average molecular weight is 369 g/mol. The fourth-order valence-electron chi connectivity index (χ4n) is 2.40. The van der Waals surface area contributed by atoms with Gasteiger partial charge in [-0.05, 0) is 30.3 Å². The van der Waals surface area contributed by atoms with Gasteiger partial charge in [0.05, 0.1) is 18.5 Å². The number of benzene rings is 2. The molecule has 0 saturated carbocycles. The van der Waals surface area contributed by atoms with Crippen LogP contribution < -0.4 is 10.1 Å². The third kappa shape index (κ3) is 3.97. The summed E-state index contributed by atoms with van der Waals surface area (Å²) < 4.78 is 18.5. The normalized spacial score (nSPS) is 10.4. The van der Waals surface area contributed by atoms with Crippen LogP contribution in [0.15, 0.2) is 60.7 Å². The number of ether oxygens (including phenoxy) is 1. The molecule has 0 aliphatic heterocycles. The van der Waals surface area contributed by atoms with Gasteiger partial charge in [-0.2, -0.15) is 0 Å². The van der Waals surface area contributed by atoms with Gasteiger partial charge < -0.3 is 10.1 Å². The first kappa shape index (κ1) is 17.8. The van der Waals surface area contributed by atoms with E-state index in [4.69, 9.17) is 4.74 Å². The van der Waals surface area contributed by atoms with E-state index in [-0.39, 0.29) is 23.6 Å². The van der Waals surface area contributed by atoms with E-state index in [1.165, 1.54) is 30.6 Å². The molecule has 0 spiro atoms. The number of thiophene rings is 1. The maximum atomic E-state index is 13.7. The van der Waals surface area contributed by atoms with E-state index in [9.17, 15) is 14.0 Å². The Morgan fingerprint density at radius 2 is 1.81 bits per heavy atom. The number of ketones is 1. The molecule has 0 aliphatic rings. The summed E-state index contributed by atoms with van der Waals surface area (Å²) in [6.07, 6.45) is 0. The molecule has 2 aromatic carbocycles. The van der Waals surface area contributed by atoms with Gasteiger partial charge in [0.1, 0.15) is 0 Å². The number of halogens is 1. The van der Waals surface area contributed by atoms with Gasteiger partial charge in [-0.25, -0.2) is 4.39 Å². The van der Waals surface area contributed by atoms with Crippen molar-refractivity contribution in [3.63, 3.8) is 0 Å². The highest BCUT2D eigenvalue weighted by Gasteiger charge is 2.13. The first-order chi connectivity index (χ1) is 12.6. The maximum Gasteiger partial charge on any atom is 0.251 e. The Kier molecular flexibility index (Phi) is 5.43. The summed E-state index contributed by atoms with van der Waals surface area (Å²) in [5.41, 5.74) is 0.832. The van der Waals surface area contributed by atoms with Crippen LogP contribution in [-0.2, 0) is 6.54 Å². The zero-order valence-electron chi connectivity index (χ0n) is 14.0. The highest BCUT2D eigenvalue weighted by atomic mass is 32.1. The van der Waals surface area contributed by atoms with Gasteiger partial charge in [0, 0.05) is 16.0 Å². The van der Waals surface area contributed by atoms with E-state index in [0.717, 1.165) is 10.9 Å². The molecule has 4 nitrogen and oxygen atoms in total. The van der Waals surface area contributed by atoms with E-state index in [2.05, 4.69) is 5.32 Å². The fourth-order valence-corrected chi connectivity index (χ4v) is 3.31. The van der Waals surface area contributed by atoms with Crippen LogP contribution in [0.4, 0.5) is 4.39 Å². The van der Waals surface area contributed by atoms with Gasteiger partial charge >= 0.3 is 0 Å². The van der Waals surface area contributed by atoms with Crippen molar-refractivity contribution in [3.8, 4) is 5.75 Å². The molecule has 1 aromatic heterocycles. The topological polar surface area (TPSA) is 55.4 Å². The second-order valence-electron chi connectivity index (χ2n) is 5.49. The lowest BCUT2D eigenvalue weighted by Gasteiger charge is -2.06. The van der Waals surface area contributed by atoms with Gasteiger partial charge in [0.15, 0.2) is 11.6 Å². The molecule has 0 unspecified atom stereocenters. The Bertz CT molecular complexity index is 937. The molecule has 0 aliphatic carbocycles. The number of carbonyl (C=O) groups excluding carboxylic acids is 2. The quantitative estimate of drug-likeness (QED) is 0.667. The summed E-state index contributed by atoms with van der Waals surface area (Å²) in [5.74, 6) is -0.947. The third-order valence-electron chi connectivity index (χ3n) is 3.76. The molecule has 0 radical (unpaired) electrons. The Morgan fingerprint density at radius 1 is 1.04 bits per heavy atom. The Morgan fingerprint density at radius 3 is 2.50 bits per heavy atom. The second kappa shape index (κ2) is 7.93. The highest BCUT2D eigenvalue weighted by molar-refractivity contribution is 7.14. The average Bonchev–Trinajstić information content (AvgIpc) is 3.15. The van der Waals surface area contributed by atoms with Crippen LogP contribution in [0.3, 0.4) is 0 Å². The fraction of sp³-hybridized carbons (Fsp3) is 0.100. The summed E-state index contributed by atoms with van der Waals surface area (Å²) in [6.45, 7) is 0.263. The molecule has 0 atom stereocenters. The molecule has 1 N–H and O–H groups in total. The van der Waals surface area contributed by atoms with Crippen molar-refractivity contribution >= 4 is 23.0 Å². The van der Waals surface area contributed by atoms with Gasteiger partial charge in [-0.3, -0.25) is 9.59 Å². The Balaban J connectivity index is 1.64. The zero-order valence-corrected chi connectivity index (χ0v) is 14.8. The molecule has 1 heterocycles. The molecule has 1 amide bonds. The van der Waals surface area contributed by atoms with Crippen LogP contribution in [0.2, 0.25) is 0 Å². The van der Waals surface area contributed by atoms with Gasteiger partial charge in [-0.15, -0.1) is 11.3 Å². The smallest absolute Gasteiger partial charge is 0.251 e. The predicted molar refractivity (Wildman–Crippen MR) is 98.3 cm³/mol. The predicted octanol–water partition coefficient (Wildman–Crippen LogP) is 4.06. The first-order valence-electron chi connectivity index (χ1n) is 7.88. The van der Waals surface area contributed by atoms with Crippen molar-refractivity contribution in [3.05, 3.63) is 87.4 Å². The minimum absolute atomic E-state index is 0.0506. The summed E-state index contributed by atoms with van der Waals surface area (Å²) in [7, 11) is 1.36. The summed E-state index contributed by atoms with van der Waals surface area (Å²) in [4.78, 5) is 26.0. The van der Waals surface area contributed by atoms with Crippen LogP contribution in [0.1, 0.15) is 30.5 Å². The summed E-state index contributed by atoms with van der Waals surface area (Å²) in [6, 6.07) is 16.6. The van der Waals surface area contributed by atoms with E-state index < -0.39 is 11.7 Å². The van der Waals surface area contributed by atoms with Crippen LogP contribution in [0, 0.1) is 5.82 Å². The molecule has 6 heteroatoms. The Hall–Kier alpha value is -2.99. The lowest BCUT2D eigenvalue weighted by atomic mass is 10.1. The first-order valence-corrected chi connectivity index (χ1v) is 8.70. The van der Waals surface area contributed by atoms with Gasteiger partial charge in [0.2, 0.25) is 5.78 Å². The minimum atomic E-state index is -0.591. The lowest BCUT2D eigenvalue weighted by molar-refractivity contribution is 0.0950. The van der Waals surface area contributed by atoms with Gasteiger partial charge in [0.25, 0.3) is 5.91 Å². The Labute approximate surface area is 154 Å². The maximum absolute atomic E-state index is 13.7. The third-order valence-corrected chi connectivity index (χ3v) is 4.84. The van der Waals surface area contributed by atoms with Crippen molar-refractivity contribution in [2.24, 2.45) is 0 Å². The summed E-state index contributed by atoms with van der Waals surface area (Å²) >= 11 is 1.32. The molecule has 132 valence electrons. The van der Waals surface area contributed by atoms with Crippen molar-refractivity contribution < 1.29 is 18.7 Å². The highest BCUT2D eigenvalue weighted by Crippen LogP contribution is 2.21. The van der Waals surface area contributed by atoms with E-state index in [1.54, 1.807) is 24.3 Å².